The molecule has 0 saturated carbocycles. The highest BCUT2D eigenvalue weighted by Crippen LogP contribution is 2.07. The van der Waals surface area contributed by atoms with Crippen molar-refractivity contribution in [2.24, 2.45) is 0 Å². The molecule has 19 heavy (non-hydrogen) atoms. The van der Waals surface area contributed by atoms with Gasteiger partial charge in [0.25, 0.3) is 0 Å². The van der Waals surface area contributed by atoms with Gasteiger partial charge in [-0.1, -0.05) is 84.6 Å². The topological polar surface area (TPSA) is 17.1 Å². The van der Waals surface area contributed by atoms with Gasteiger partial charge >= 0.3 is 0 Å². The second-order valence-electron chi connectivity index (χ2n) is 5.15. The molecule has 2 rings (SSSR count). The summed E-state index contributed by atoms with van der Waals surface area (Å²) in [5.41, 5.74) is 2.86. The summed E-state index contributed by atoms with van der Waals surface area (Å²) >= 11 is 0. The second-order valence-corrected chi connectivity index (χ2v) is 9.51. The van der Waals surface area contributed by atoms with Crippen LogP contribution in [0.5, 0.6) is 0 Å². The van der Waals surface area contributed by atoms with Crippen molar-refractivity contribution >= 4 is 19.0 Å². The molecule has 2 heteroatoms. The zero-order valence-corrected chi connectivity index (χ0v) is 12.3. The third-order valence-corrected chi connectivity index (χ3v) is 6.05. The molecule has 0 unspecified atom stereocenters. The number of carbonyl (C=O) groups is 1. The summed E-state index contributed by atoms with van der Waals surface area (Å²) in [6.07, 6.45) is 1.73. The van der Waals surface area contributed by atoms with Crippen molar-refractivity contribution in [1.29, 1.82) is 0 Å². The summed E-state index contributed by atoms with van der Waals surface area (Å²) < 4.78 is 0. The van der Waals surface area contributed by atoms with Gasteiger partial charge in [-0.15, -0.1) is 0 Å². The van der Waals surface area contributed by atoms with Gasteiger partial charge in [0, 0.05) is 5.56 Å². The molecule has 0 heterocycles. The Morgan fingerprint density at radius 1 is 0.895 bits per heavy atom. The lowest BCUT2D eigenvalue weighted by atomic mass is 10.1. The molecular weight excluding hydrogens is 248 g/mol. The quantitative estimate of drug-likeness (QED) is 0.469. The zero-order valence-electron chi connectivity index (χ0n) is 11.3. The molecule has 0 amide bonds. The first-order valence-electron chi connectivity index (χ1n) is 6.44. The Morgan fingerprint density at radius 3 is 2.00 bits per heavy atom. The Labute approximate surface area is 115 Å². The normalized spacial score (nSPS) is 11.7. The molecular formula is C17H18OSi. The Kier molecular flexibility index (Phi) is 4.12. The summed E-state index contributed by atoms with van der Waals surface area (Å²) in [6, 6.07) is 19.8. The molecule has 0 aromatic heterocycles. The highest BCUT2D eigenvalue weighted by molar-refractivity contribution is 6.94. The molecule has 0 aliphatic carbocycles. The van der Waals surface area contributed by atoms with Crippen molar-refractivity contribution in [3.05, 3.63) is 78.0 Å². The molecule has 0 bridgehead atoms. The van der Waals surface area contributed by atoms with Crippen LogP contribution in [-0.2, 0) is 0 Å². The first-order valence-corrected chi connectivity index (χ1v) is 9.51. The smallest absolute Gasteiger partial charge is 0.185 e. The standard InChI is InChI=1S/C17H18OSi/c1-19(2,16-11-7-4-8-12-16)14-13-17(18)15-9-5-3-6-10-15/h3-14H,1-2H3/b14-13+. The van der Waals surface area contributed by atoms with E-state index >= 15 is 0 Å². The van der Waals surface area contributed by atoms with Gasteiger partial charge in [-0.3, -0.25) is 4.79 Å². The lowest BCUT2D eigenvalue weighted by Crippen LogP contribution is -2.39. The first kappa shape index (κ1) is 13.5. The fourth-order valence-electron chi connectivity index (χ4n) is 1.95. The number of allylic oxidation sites excluding steroid dienone is 1. The minimum atomic E-state index is -1.68. The van der Waals surface area contributed by atoms with E-state index in [1.807, 2.05) is 36.4 Å². The van der Waals surface area contributed by atoms with Crippen molar-refractivity contribution in [2.75, 3.05) is 0 Å². The number of benzene rings is 2. The Morgan fingerprint density at radius 2 is 1.42 bits per heavy atom. The molecule has 0 N–H and O–H groups in total. The van der Waals surface area contributed by atoms with Crippen LogP contribution in [0, 0.1) is 0 Å². The Balaban J connectivity index is 2.17. The largest absolute Gasteiger partial charge is 0.289 e. The van der Waals surface area contributed by atoms with E-state index < -0.39 is 8.07 Å². The van der Waals surface area contributed by atoms with Crippen LogP contribution in [-0.4, -0.2) is 13.9 Å². The van der Waals surface area contributed by atoms with Crippen molar-refractivity contribution in [3.8, 4) is 0 Å². The SMILES string of the molecule is C[Si](C)(/C=C/C(=O)c1ccccc1)c1ccccc1. The van der Waals surface area contributed by atoms with Gasteiger partial charge in [-0.25, -0.2) is 0 Å². The summed E-state index contributed by atoms with van der Waals surface area (Å²) in [4.78, 5) is 12.1. The van der Waals surface area contributed by atoms with E-state index in [0.717, 1.165) is 5.56 Å². The van der Waals surface area contributed by atoms with Crippen LogP contribution in [0.2, 0.25) is 13.1 Å². The predicted octanol–water partition coefficient (Wildman–Crippen LogP) is 3.58. The number of carbonyl (C=O) groups excluding carboxylic acids is 1. The second kappa shape index (κ2) is 5.80. The van der Waals surface area contributed by atoms with E-state index in [4.69, 9.17) is 0 Å². The van der Waals surface area contributed by atoms with E-state index in [2.05, 4.69) is 43.1 Å². The molecule has 1 nitrogen and oxygen atoms in total. The summed E-state index contributed by atoms with van der Waals surface area (Å²) in [7, 11) is -1.68. The van der Waals surface area contributed by atoms with Crippen LogP contribution in [0.4, 0.5) is 0 Å². The maximum Gasteiger partial charge on any atom is 0.185 e. The van der Waals surface area contributed by atoms with Crippen molar-refractivity contribution in [2.45, 2.75) is 13.1 Å². The Bertz CT molecular complexity index is 571. The molecule has 0 saturated heterocycles. The van der Waals surface area contributed by atoms with E-state index in [9.17, 15) is 4.79 Å². The van der Waals surface area contributed by atoms with Crippen LogP contribution >= 0.6 is 0 Å². The van der Waals surface area contributed by atoms with Crippen LogP contribution in [0.25, 0.3) is 0 Å². The van der Waals surface area contributed by atoms with Gasteiger partial charge in [0.1, 0.15) is 8.07 Å². The van der Waals surface area contributed by atoms with Gasteiger partial charge in [0.2, 0.25) is 0 Å². The van der Waals surface area contributed by atoms with Crippen molar-refractivity contribution < 1.29 is 4.79 Å². The third-order valence-electron chi connectivity index (χ3n) is 3.23. The average Bonchev–Trinajstić information content (AvgIpc) is 2.47. The van der Waals surface area contributed by atoms with Gasteiger partial charge in [0.05, 0.1) is 0 Å². The highest BCUT2D eigenvalue weighted by atomic mass is 28.3. The average molecular weight is 266 g/mol. The minimum absolute atomic E-state index is 0.0807. The molecule has 2 aromatic rings. The van der Waals surface area contributed by atoms with Crippen LogP contribution in [0.1, 0.15) is 10.4 Å². The van der Waals surface area contributed by atoms with Gasteiger partial charge in [-0.2, -0.15) is 0 Å². The number of hydrogen-bond acceptors (Lipinski definition) is 1. The molecule has 2 aromatic carbocycles. The van der Waals surface area contributed by atoms with Crippen molar-refractivity contribution in [3.63, 3.8) is 0 Å². The molecule has 0 aliphatic heterocycles. The molecule has 0 aliphatic rings. The molecule has 0 atom stereocenters. The lowest BCUT2D eigenvalue weighted by molar-refractivity contribution is 0.104. The van der Waals surface area contributed by atoms with Gasteiger partial charge in [-0.05, 0) is 6.08 Å². The number of hydrogen-bond donors (Lipinski definition) is 0. The maximum atomic E-state index is 12.1. The first-order chi connectivity index (χ1) is 9.09. The van der Waals surface area contributed by atoms with Gasteiger partial charge < -0.3 is 0 Å². The summed E-state index contributed by atoms with van der Waals surface area (Å²) in [5, 5.41) is 1.34. The van der Waals surface area contributed by atoms with E-state index in [1.54, 1.807) is 6.08 Å². The van der Waals surface area contributed by atoms with Crippen LogP contribution < -0.4 is 5.19 Å². The minimum Gasteiger partial charge on any atom is -0.289 e. The van der Waals surface area contributed by atoms with E-state index in [1.165, 1.54) is 5.19 Å². The summed E-state index contributed by atoms with van der Waals surface area (Å²) in [5.74, 6) is 0.0807. The van der Waals surface area contributed by atoms with E-state index in [-0.39, 0.29) is 5.78 Å². The Hall–Kier alpha value is -1.93. The van der Waals surface area contributed by atoms with Crippen LogP contribution in [0.3, 0.4) is 0 Å². The third kappa shape index (κ3) is 3.52. The number of ketones is 1. The lowest BCUT2D eigenvalue weighted by Gasteiger charge is -2.17. The summed E-state index contributed by atoms with van der Waals surface area (Å²) in [6.45, 7) is 4.49. The number of rotatable bonds is 4. The molecule has 0 spiro atoms. The molecule has 0 radical (unpaired) electrons. The maximum absolute atomic E-state index is 12.1. The molecule has 96 valence electrons. The zero-order chi connectivity index (χ0) is 13.7. The fraction of sp³-hybridized carbons (Fsp3) is 0.118. The highest BCUT2D eigenvalue weighted by Gasteiger charge is 2.19. The monoisotopic (exact) mass is 266 g/mol. The van der Waals surface area contributed by atoms with Gasteiger partial charge in [0.15, 0.2) is 5.78 Å². The van der Waals surface area contributed by atoms with Crippen LogP contribution in [0.15, 0.2) is 72.4 Å². The van der Waals surface area contributed by atoms with E-state index in [0.29, 0.717) is 0 Å². The van der Waals surface area contributed by atoms with Crippen molar-refractivity contribution in [1.82, 2.24) is 0 Å². The molecule has 0 fully saturated rings. The predicted molar refractivity (Wildman–Crippen MR) is 83.5 cm³/mol. The fourth-order valence-corrected chi connectivity index (χ4v) is 3.76.